The molecule has 0 radical (unpaired) electrons. The van der Waals surface area contributed by atoms with Gasteiger partial charge in [-0.2, -0.15) is 4.31 Å². The normalized spacial score (nSPS) is 20.2. The SMILES string of the molecule is CS(=O)(=O)N1CCCCC1C(=O)NCc1cccc(F)c1. The van der Waals surface area contributed by atoms with Crippen LogP contribution in [0.1, 0.15) is 24.8 Å². The first-order chi connectivity index (χ1) is 9.88. The fourth-order valence-corrected chi connectivity index (χ4v) is 3.64. The summed E-state index contributed by atoms with van der Waals surface area (Å²) >= 11 is 0. The van der Waals surface area contributed by atoms with Crippen LogP contribution >= 0.6 is 0 Å². The summed E-state index contributed by atoms with van der Waals surface area (Å²) in [7, 11) is -3.40. The molecule has 0 bridgehead atoms. The molecule has 1 unspecified atom stereocenters. The number of rotatable bonds is 4. The van der Waals surface area contributed by atoms with E-state index in [4.69, 9.17) is 0 Å². The summed E-state index contributed by atoms with van der Waals surface area (Å²) in [5, 5.41) is 2.69. The molecule has 1 N–H and O–H groups in total. The third-order valence-electron chi connectivity index (χ3n) is 3.54. The Labute approximate surface area is 124 Å². The van der Waals surface area contributed by atoms with Gasteiger partial charge in [-0.15, -0.1) is 0 Å². The molecule has 1 heterocycles. The molecule has 116 valence electrons. The van der Waals surface area contributed by atoms with Gasteiger partial charge in [0.2, 0.25) is 15.9 Å². The number of nitrogens with one attached hydrogen (secondary N) is 1. The zero-order valence-electron chi connectivity index (χ0n) is 11.9. The minimum Gasteiger partial charge on any atom is -0.351 e. The van der Waals surface area contributed by atoms with Gasteiger partial charge in [0.15, 0.2) is 0 Å². The number of halogens is 1. The van der Waals surface area contributed by atoms with Crippen LogP contribution in [0, 0.1) is 5.82 Å². The van der Waals surface area contributed by atoms with Gasteiger partial charge in [-0.25, -0.2) is 12.8 Å². The molecular weight excluding hydrogens is 295 g/mol. The molecule has 1 aromatic rings. The number of benzene rings is 1. The summed E-state index contributed by atoms with van der Waals surface area (Å²) in [5.41, 5.74) is 0.644. The molecule has 0 saturated carbocycles. The van der Waals surface area contributed by atoms with E-state index >= 15 is 0 Å². The number of hydrogen-bond donors (Lipinski definition) is 1. The number of sulfonamides is 1. The van der Waals surface area contributed by atoms with Gasteiger partial charge in [0.25, 0.3) is 0 Å². The molecule has 1 aromatic carbocycles. The van der Waals surface area contributed by atoms with Crippen molar-refractivity contribution in [1.82, 2.24) is 9.62 Å². The van der Waals surface area contributed by atoms with Crippen LogP contribution in [0.15, 0.2) is 24.3 Å². The van der Waals surface area contributed by atoms with Gasteiger partial charge in [-0.05, 0) is 30.5 Å². The maximum absolute atomic E-state index is 13.1. The molecule has 0 aliphatic carbocycles. The Bertz CT molecular complexity index is 618. The Kier molecular flexibility index (Phi) is 4.95. The Morgan fingerprint density at radius 2 is 2.19 bits per heavy atom. The van der Waals surface area contributed by atoms with Gasteiger partial charge in [0.1, 0.15) is 11.9 Å². The molecular formula is C14H19FN2O3S. The van der Waals surface area contributed by atoms with Gasteiger partial charge in [0.05, 0.1) is 6.26 Å². The molecule has 5 nitrogen and oxygen atoms in total. The third kappa shape index (κ3) is 4.25. The zero-order valence-corrected chi connectivity index (χ0v) is 12.7. The summed E-state index contributed by atoms with van der Waals surface area (Å²) < 4.78 is 37.7. The average molecular weight is 314 g/mol. The first-order valence-corrected chi connectivity index (χ1v) is 8.72. The fourth-order valence-electron chi connectivity index (χ4n) is 2.52. The second kappa shape index (κ2) is 6.53. The van der Waals surface area contributed by atoms with E-state index in [0.29, 0.717) is 18.5 Å². The number of hydrogen-bond acceptors (Lipinski definition) is 3. The number of nitrogens with zero attached hydrogens (tertiary/aromatic N) is 1. The zero-order chi connectivity index (χ0) is 15.5. The lowest BCUT2D eigenvalue weighted by atomic mass is 10.0. The quantitative estimate of drug-likeness (QED) is 0.910. The lowest BCUT2D eigenvalue weighted by Gasteiger charge is -2.32. The maximum Gasteiger partial charge on any atom is 0.238 e. The molecule has 7 heteroatoms. The number of carbonyl (C=O) groups is 1. The molecule has 1 aliphatic rings. The van der Waals surface area contributed by atoms with Gasteiger partial charge in [0, 0.05) is 13.1 Å². The lowest BCUT2D eigenvalue weighted by molar-refractivity contribution is -0.125. The van der Waals surface area contributed by atoms with Crippen molar-refractivity contribution in [2.45, 2.75) is 31.8 Å². The smallest absolute Gasteiger partial charge is 0.238 e. The van der Waals surface area contributed by atoms with E-state index in [2.05, 4.69) is 5.32 Å². The van der Waals surface area contributed by atoms with Crippen LogP contribution < -0.4 is 5.32 Å². The predicted octanol–water partition coefficient (Wildman–Crippen LogP) is 1.26. The molecule has 1 amide bonds. The van der Waals surface area contributed by atoms with Crippen LogP contribution in [0.25, 0.3) is 0 Å². The van der Waals surface area contributed by atoms with E-state index in [0.717, 1.165) is 19.1 Å². The van der Waals surface area contributed by atoms with Crippen molar-refractivity contribution in [1.29, 1.82) is 0 Å². The van der Waals surface area contributed by atoms with E-state index in [9.17, 15) is 17.6 Å². The van der Waals surface area contributed by atoms with Crippen LogP contribution in [-0.2, 0) is 21.4 Å². The second-order valence-electron chi connectivity index (χ2n) is 5.23. The maximum atomic E-state index is 13.1. The van der Waals surface area contributed by atoms with Crippen molar-refractivity contribution in [3.8, 4) is 0 Å². The molecule has 21 heavy (non-hydrogen) atoms. The van der Waals surface area contributed by atoms with Crippen LogP contribution in [-0.4, -0.2) is 37.5 Å². The molecule has 1 saturated heterocycles. The van der Waals surface area contributed by atoms with Crippen molar-refractivity contribution >= 4 is 15.9 Å². The highest BCUT2D eigenvalue weighted by Crippen LogP contribution is 2.20. The molecule has 1 aliphatic heterocycles. The summed E-state index contributed by atoms with van der Waals surface area (Å²) in [5.74, 6) is -0.693. The summed E-state index contributed by atoms with van der Waals surface area (Å²) in [6, 6.07) is 5.29. The fraction of sp³-hybridized carbons (Fsp3) is 0.500. The third-order valence-corrected chi connectivity index (χ3v) is 4.83. The standard InChI is InChI=1S/C14H19FN2O3S/c1-21(19,20)17-8-3-2-7-13(17)14(18)16-10-11-5-4-6-12(15)9-11/h4-6,9,13H,2-3,7-8,10H2,1H3,(H,16,18). The minimum atomic E-state index is -3.40. The van der Waals surface area contributed by atoms with Crippen molar-refractivity contribution in [2.24, 2.45) is 0 Å². The van der Waals surface area contributed by atoms with E-state index in [-0.39, 0.29) is 18.3 Å². The van der Waals surface area contributed by atoms with E-state index in [1.165, 1.54) is 16.4 Å². The minimum absolute atomic E-state index is 0.185. The van der Waals surface area contributed by atoms with Crippen LogP contribution in [0.5, 0.6) is 0 Å². The molecule has 1 fully saturated rings. The number of piperidine rings is 1. The second-order valence-corrected chi connectivity index (χ2v) is 7.17. The average Bonchev–Trinajstić information content (AvgIpc) is 2.44. The van der Waals surface area contributed by atoms with Gasteiger partial charge in [-0.3, -0.25) is 4.79 Å². The Morgan fingerprint density at radius 1 is 1.43 bits per heavy atom. The van der Waals surface area contributed by atoms with Gasteiger partial charge in [-0.1, -0.05) is 18.6 Å². The topological polar surface area (TPSA) is 66.5 Å². The number of carbonyl (C=O) groups excluding carboxylic acids is 1. The van der Waals surface area contributed by atoms with Crippen LogP contribution in [0.2, 0.25) is 0 Å². The van der Waals surface area contributed by atoms with Crippen LogP contribution in [0.3, 0.4) is 0 Å². The highest BCUT2D eigenvalue weighted by molar-refractivity contribution is 7.88. The summed E-state index contributed by atoms with van der Waals surface area (Å²) in [4.78, 5) is 12.2. The monoisotopic (exact) mass is 314 g/mol. The van der Waals surface area contributed by atoms with E-state index < -0.39 is 16.1 Å². The Balaban J connectivity index is 2.01. The first-order valence-electron chi connectivity index (χ1n) is 6.87. The van der Waals surface area contributed by atoms with Gasteiger partial charge < -0.3 is 5.32 Å². The molecule has 1 atom stereocenters. The summed E-state index contributed by atoms with van der Waals surface area (Å²) in [6.45, 7) is 0.557. The van der Waals surface area contributed by atoms with Crippen LogP contribution in [0.4, 0.5) is 4.39 Å². The largest absolute Gasteiger partial charge is 0.351 e. The number of amides is 1. The lowest BCUT2D eigenvalue weighted by Crippen LogP contribution is -2.51. The molecule has 2 rings (SSSR count). The molecule has 0 aromatic heterocycles. The predicted molar refractivity (Wildman–Crippen MR) is 77.4 cm³/mol. The van der Waals surface area contributed by atoms with Crippen molar-refractivity contribution < 1.29 is 17.6 Å². The van der Waals surface area contributed by atoms with Crippen molar-refractivity contribution in [2.75, 3.05) is 12.8 Å². The Hall–Kier alpha value is -1.47. The molecule has 0 spiro atoms. The Morgan fingerprint density at radius 3 is 2.86 bits per heavy atom. The van der Waals surface area contributed by atoms with Crippen molar-refractivity contribution in [3.05, 3.63) is 35.6 Å². The first kappa shape index (κ1) is 15.9. The van der Waals surface area contributed by atoms with Crippen molar-refractivity contribution in [3.63, 3.8) is 0 Å². The van der Waals surface area contributed by atoms with E-state index in [1.807, 2.05) is 0 Å². The summed E-state index contributed by atoms with van der Waals surface area (Å²) in [6.07, 6.45) is 3.22. The highest BCUT2D eigenvalue weighted by Gasteiger charge is 2.34. The van der Waals surface area contributed by atoms with Gasteiger partial charge >= 0.3 is 0 Å². The highest BCUT2D eigenvalue weighted by atomic mass is 32.2. The van der Waals surface area contributed by atoms with E-state index in [1.54, 1.807) is 12.1 Å².